The standard InChI is InChI=1S/C16H22NO.V/c1-8-7-14(11(4)10(3)9(8)2)15-12(5)13(6)16(18)17-15;/h12-13,15H,1-6H3,(H,17,18);/q-1;+2/p-1/t12?,13?,15-;/m1./s1. The minimum absolute atomic E-state index is 0. The van der Waals surface area contributed by atoms with Crippen LogP contribution >= 0.6 is 0 Å². The van der Waals surface area contributed by atoms with Gasteiger partial charge in [-0.05, 0) is 11.8 Å². The topological polar surface area (TPSA) is 31.2 Å². The van der Waals surface area contributed by atoms with Crippen molar-refractivity contribution >= 4 is 5.91 Å². The third-order valence-electron chi connectivity index (χ3n) is 4.65. The van der Waals surface area contributed by atoms with Crippen LogP contribution in [-0.4, -0.2) is 5.91 Å². The van der Waals surface area contributed by atoms with Gasteiger partial charge in [0.1, 0.15) is 0 Å². The van der Waals surface area contributed by atoms with Crippen LogP contribution in [0.3, 0.4) is 0 Å². The summed E-state index contributed by atoms with van der Waals surface area (Å²) in [6.07, 6.45) is 0. The Balaban J connectivity index is 0.00000180. The van der Waals surface area contributed by atoms with E-state index in [2.05, 4.69) is 46.0 Å². The number of benzene rings is 1. The van der Waals surface area contributed by atoms with Gasteiger partial charge in [0, 0.05) is 0 Å². The summed E-state index contributed by atoms with van der Waals surface area (Å²) in [4.78, 5) is 11.7. The van der Waals surface area contributed by atoms with E-state index in [9.17, 15) is 4.79 Å². The van der Waals surface area contributed by atoms with Crippen molar-refractivity contribution in [3.05, 3.63) is 39.2 Å². The Morgan fingerprint density at radius 2 is 1.58 bits per heavy atom. The molecule has 3 atom stereocenters. The fraction of sp³-hybridized carbons (Fsp3) is 0.562. The van der Waals surface area contributed by atoms with Crippen molar-refractivity contribution in [3.8, 4) is 0 Å². The second-order valence-electron chi connectivity index (χ2n) is 5.60. The zero-order valence-corrected chi connectivity index (χ0v) is 13.9. The van der Waals surface area contributed by atoms with Gasteiger partial charge < -0.3 is 10.1 Å². The average molecular weight is 294 g/mol. The number of hydrogen-bond acceptors (Lipinski definition) is 1. The zero-order valence-electron chi connectivity index (χ0n) is 12.5. The van der Waals surface area contributed by atoms with Gasteiger partial charge in [0.25, 0.3) is 0 Å². The summed E-state index contributed by atoms with van der Waals surface area (Å²) < 4.78 is 0. The summed E-state index contributed by atoms with van der Waals surface area (Å²) in [7, 11) is 0. The third-order valence-corrected chi connectivity index (χ3v) is 4.65. The van der Waals surface area contributed by atoms with Gasteiger partial charge in [0.2, 0.25) is 0 Å². The van der Waals surface area contributed by atoms with Crippen LogP contribution in [-0.2, 0) is 23.4 Å². The van der Waals surface area contributed by atoms with Crippen LogP contribution in [0.4, 0.5) is 0 Å². The van der Waals surface area contributed by atoms with Gasteiger partial charge in [0.15, 0.2) is 0 Å². The van der Waals surface area contributed by atoms with Gasteiger partial charge in [-0.15, -0.1) is 6.04 Å². The van der Waals surface area contributed by atoms with E-state index in [1.54, 1.807) is 0 Å². The summed E-state index contributed by atoms with van der Waals surface area (Å²) in [6.45, 7) is 12.5. The maximum atomic E-state index is 11.7. The van der Waals surface area contributed by atoms with Crippen LogP contribution in [0.5, 0.6) is 0 Å². The quantitative estimate of drug-likeness (QED) is 0.722. The number of carbonyl (C=O) groups is 1. The smallest absolute Gasteiger partial charge is 0.648 e. The van der Waals surface area contributed by atoms with E-state index in [0.29, 0.717) is 0 Å². The Morgan fingerprint density at radius 1 is 1.00 bits per heavy atom. The molecule has 0 N–H and O–H groups in total. The molecular weight excluding hydrogens is 273 g/mol. The second-order valence-corrected chi connectivity index (χ2v) is 5.60. The summed E-state index contributed by atoms with van der Waals surface area (Å²) in [5.41, 5.74) is 6.11. The monoisotopic (exact) mass is 294 g/mol. The van der Waals surface area contributed by atoms with Crippen molar-refractivity contribution in [1.82, 2.24) is 0 Å². The Kier molecular flexibility index (Phi) is 4.92. The zero-order chi connectivity index (χ0) is 13.6. The summed E-state index contributed by atoms with van der Waals surface area (Å²) in [5.74, 6) is 0.342. The number of aryl methyl sites for hydroxylation is 1. The van der Waals surface area contributed by atoms with E-state index in [4.69, 9.17) is 0 Å². The molecule has 0 aromatic heterocycles. The molecule has 101 valence electrons. The average Bonchev–Trinajstić information content (AvgIpc) is 2.59. The third kappa shape index (κ3) is 2.61. The minimum Gasteiger partial charge on any atom is -0.648 e. The SMILES string of the molecule is Cc1[c-]c([C@@H]2[N-]C(=O)C(C)C2C)c(C)c(C)c1C.[V+2]. The van der Waals surface area contributed by atoms with E-state index >= 15 is 0 Å². The predicted octanol–water partition coefficient (Wildman–Crippen LogP) is 3.95. The van der Waals surface area contributed by atoms with Gasteiger partial charge >= 0.3 is 18.6 Å². The molecule has 1 aromatic rings. The number of rotatable bonds is 1. The van der Waals surface area contributed by atoms with E-state index < -0.39 is 0 Å². The second kappa shape index (κ2) is 5.72. The molecule has 1 aromatic carbocycles. The molecule has 0 saturated carbocycles. The van der Waals surface area contributed by atoms with Crippen LogP contribution in [0, 0.1) is 45.6 Å². The molecule has 19 heavy (non-hydrogen) atoms. The molecule has 0 spiro atoms. The maximum absolute atomic E-state index is 11.7. The molecule has 1 amide bonds. The van der Waals surface area contributed by atoms with E-state index in [1.165, 1.54) is 22.3 Å². The fourth-order valence-corrected chi connectivity index (χ4v) is 2.65. The fourth-order valence-electron chi connectivity index (χ4n) is 2.65. The molecule has 2 nitrogen and oxygen atoms in total. The van der Waals surface area contributed by atoms with Crippen molar-refractivity contribution in [1.29, 1.82) is 0 Å². The largest absolute Gasteiger partial charge is 2.00 e. The Labute approximate surface area is 128 Å². The number of carbonyl (C=O) groups excluding carboxylic acids is 1. The molecule has 2 rings (SSSR count). The number of nitrogens with zero attached hydrogens (tertiary/aromatic N) is 1. The minimum atomic E-state index is -0.00880. The van der Waals surface area contributed by atoms with Crippen molar-refractivity contribution < 1.29 is 23.4 Å². The first-order valence-corrected chi connectivity index (χ1v) is 6.58. The van der Waals surface area contributed by atoms with E-state index in [0.717, 1.165) is 5.56 Å². The van der Waals surface area contributed by atoms with Crippen molar-refractivity contribution in [2.24, 2.45) is 11.8 Å². The van der Waals surface area contributed by atoms with Gasteiger partial charge in [-0.25, -0.2) is 0 Å². The van der Waals surface area contributed by atoms with Crippen LogP contribution in [0.15, 0.2) is 0 Å². The summed E-state index contributed by atoms with van der Waals surface area (Å²) in [6, 6.07) is 3.44. The van der Waals surface area contributed by atoms with Crippen LogP contribution < -0.4 is 0 Å². The molecular formula is C16H21NOV. The first kappa shape index (κ1) is 16.3. The molecule has 0 bridgehead atoms. The summed E-state index contributed by atoms with van der Waals surface area (Å²) >= 11 is 0. The molecule has 1 heterocycles. The van der Waals surface area contributed by atoms with Gasteiger partial charge in [-0.3, -0.25) is 0 Å². The van der Waals surface area contributed by atoms with Crippen molar-refractivity contribution in [2.45, 2.75) is 47.6 Å². The van der Waals surface area contributed by atoms with E-state index in [-0.39, 0.29) is 42.3 Å². The number of hydrogen-bond donors (Lipinski definition) is 0. The molecule has 3 heteroatoms. The molecule has 2 unspecified atom stereocenters. The van der Waals surface area contributed by atoms with Gasteiger partial charge in [0.05, 0.1) is 5.91 Å². The Morgan fingerprint density at radius 3 is 2.05 bits per heavy atom. The van der Waals surface area contributed by atoms with Gasteiger partial charge in [-0.2, -0.15) is 33.9 Å². The summed E-state index contributed by atoms with van der Waals surface area (Å²) in [5, 5.41) is 4.32. The molecule has 1 saturated heterocycles. The Bertz CT molecular complexity index is 510. The van der Waals surface area contributed by atoms with Crippen LogP contribution in [0.25, 0.3) is 5.32 Å². The van der Waals surface area contributed by atoms with Crippen molar-refractivity contribution in [2.75, 3.05) is 0 Å². The van der Waals surface area contributed by atoms with E-state index in [1.807, 2.05) is 6.92 Å². The number of amides is 1. The molecule has 0 aliphatic carbocycles. The maximum Gasteiger partial charge on any atom is 2.00 e. The van der Waals surface area contributed by atoms with Gasteiger partial charge in [-0.1, -0.05) is 41.5 Å². The van der Waals surface area contributed by atoms with Crippen molar-refractivity contribution in [3.63, 3.8) is 0 Å². The normalized spacial score (nSPS) is 26.0. The van der Waals surface area contributed by atoms with Crippen LogP contribution in [0.2, 0.25) is 0 Å². The molecule has 1 aliphatic rings. The first-order chi connectivity index (χ1) is 8.34. The predicted molar refractivity (Wildman–Crippen MR) is 73.7 cm³/mol. The van der Waals surface area contributed by atoms with Crippen LogP contribution in [0.1, 0.15) is 47.7 Å². The molecule has 1 fully saturated rings. The first-order valence-electron chi connectivity index (χ1n) is 6.58. The molecule has 1 radical (unpaired) electrons. The Hall–Kier alpha value is -0.726. The molecule has 1 aliphatic heterocycles.